The first-order valence-corrected chi connectivity index (χ1v) is 10.4. The Morgan fingerprint density at radius 1 is 1.00 bits per heavy atom. The van der Waals surface area contributed by atoms with E-state index >= 15 is 0 Å². The number of unbranched alkanes of at least 4 members (excludes halogenated alkanes) is 2. The third-order valence-corrected chi connectivity index (χ3v) is 5.49. The lowest BCUT2D eigenvalue weighted by molar-refractivity contribution is -0.923. The van der Waals surface area contributed by atoms with Crippen LogP contribution in [0.25, 0.3) is 0 Å². The smallest absolute Gasteiger partial charge is 0.251 e. The van der Waals surface area contributed by atoms with Gasteiger partial charge in [0.05, 0.1) is 19.6 Å². The van der Waals surface area contributed by atoms with Crippen LogP contribution in [0.5, 0.6) is 5.75 Å². The number of amides is 2. The van der Waals surface area contributed by atoms with Crippen LogP contribution >= 0.6 is 0 Å². The summed E-state index contributed by atoms with van der Waals surface area (Å²) in [4.78, 5) is 23.2. The van der Waals surface area contributed by atoms with Gasteiger partial charge in [0.2, 0.25) is 5.91 Å². The molecule has 0 aliphatic rings. The van der Waals surface area contributed by atoms with Gasteiger partial charge in [-0.25, -0.2) is 5.84 Å². The predicted octanol–water partition coefficient (Wildman–Crippen LogP) is -0.774. The van der Waals surface area contributed by atoms with Gasteiger partial charge in [-0.05, 0) is 57.9 Å². The number of hydrogen-bond donors (Lipinski definition) is 3. The van der Waals surface area contributed by atoms with Crippen molar-refractivity contribution >= 4 is 11.8 Å². The van der Waals surface area contributed by atoms with Gasteiger partial charge in [0, 0.05) is 18.5 Å². The molecule has 1 aromatic rings. The molecule has 0 atom stereocenters. The normalized spacial score (nSPS) is 10.8. The van der Waals surface area contributed by atoms with Crippen LogP contribution in [-0.2, 0) is 4.79 Å². The summed E-state index contributed by atoms with van der Waals surface area (Å²) in [5, 5.41) is 2.90. The van der Waals surface area contributed by atoms with Gasteiger partial charge in [-0.3, -0.25) is 15.0 Å². The monoisotopic (exact) mass is 472 g/mol. The fraction of sp³-hybridized carbons (Fsp3) is 0.619. The Morgan fingerprint density at radius 3 is 2.17 bits per heavy atom. The number of hydrogen-bond acceptors (Lipinski definition) is 4. The van der Waals surface area contributed by atoms with E-state index in [4.69, 9.17) is 10.6 Å². The van der Waals surface area contributed by atoms with Crippen LogP contribution in [-0.4, -0.2) is 55.6 Å². The summed E-state index contributed by atoms with van der Waals surface area (Å²) in [6, 6.07) is 7.27. The van der Waals surface area contributed by atoms with Gasteiger partial charge < -0.3 is 31.5 Å². The Hall–Kier alpha value is -1.64. The molecule has 0 aliphatic carbocycles. The van der Waals surface area contributed by atoms with E-state index in [2.05, 4.69) is 31.5 Å². The number of carbonyl (C=O) groups is 2. The molecule has 7 nitrogen and oxygen atoms in total. The average molecular weight is 473 g/mol. The molecule has 0 fully saturated rings. The summed E-state index contributed by atoms with van der Waals surface area (Å²) in [5.74, 6) is 5.56. The summed E-state index contributed by atoms with van der Waals surface area (Å²) in [7, 11) is 0. The second kappa shape index (κ2) is 15.2. The van der Waals surface area contributed by atoms with Gasteiger partial charge >= 0.3 is 0 Å². The number of rotatable bonds is 14. The van der Waals surface area contributed by atoms with Crippen LogP contribution in [0.3, 0.4) is 0 Å². The van der Waals surface area contributed by atoms with Gasteiger partial charge in [0.1, 0.15) is 18.9 Å². The number of likely N-dealkylation sites (N-methyl/N-ethyl adjacent to an activating group) is 1. The fourth-order valence-corrected chi connectivity index (χ4v) is 3.17. The lowest BCUT2D eigenvalue weighted by atomic mass is 10.1. The van der Waals surface area contributed by atoms with E-state index < -0.39 is 0 Å². The molecule has 0 spiro atoms. The Balaban J connectivity index is 0.00000784. The summed E-state index contributed by atoms with van der Waals surface area (Å²) in [6.45, 7) is 12.2. The summed E-state index contributed by atoms with van der Waals surface area (Å²) in [5.41, 5.74) is 2.73. The van der Waals surface area contributed by atoms with Gasteiger partial charge in [-0.15, -0.1) is 0 Å². The van der Waals surface area contributed by atoms with Crippen molar-refractivity contribution in [2.24, 2.45) is 5.84 Å². The van der Waals surface area contributed by atoms with Crippen LogP contribution in [0.4, 0.5) is 0 Å². The molecule has 0 saturated heterocycles. The van der Waals surface area contributed by atoms with Crippen LogP contribution in [0.2, 0.25) is 0 Å². The lowest BCUT2D eigenvalue weighted by Gasteiger charge is -2.35. The zero-order chi connectivity index (χ0) is 20.8. The van der Waals surface area contributed by atoms with E-state index in [1.165, 1.54) is 0 Å². The Morgan fingerprint density at radius 2 is 1.62 bits per heavy atom. The minimum atomic E-state index is -0.157. The first-order valence-electron chi connectivity index (χ1n) is 10.4. The van der Waals surface area contributed by atoms with Gasteiger partial charge in [0.25, 0.3) is 5.91 Å². The molecule has 1 rings (SSSR count). The van der Waals surface area contributed by atoms with Crippen LogP contribution in [0.1, 0.15) is 56.8 Å². The molecule has 166 valence electrons. The summed E-state index contributed by atoms with van der Waals surface area (Å²) >= 11 is 0. The molecule has 0 radical (unpaired) electrons. The van der Waals surface area contributed by atoms with Crippen molar-refractivity contribution in [2.45, 2.75) is 46.5 Å². The fourth-order valence-electron chi connectivity index (χ4n) is 3.17. The Labute approximate surface area is 185 Å². The van der Waals surface area contributed by atoms with Crippen molar-refractivity contribution in [1.82, 2.24) is 10.7 Å². The summed E-state index contributed by atoms with van der Waals surface area (Å²) < 4.78 is 6.92. The van der Waals surface area contributed by atoms with Crippen molar-refractivity contribution in [3.63, 3.8) is 0 Å². The average Bonchev–Trinajstić information content (AvgIpc) is 2.74. The van der Waals surface area contributed by atoms with E-state index in [1.54, 1.807) is 12.1 Å². The molecule has 0 aliphatic heterocycles. The molecule has 0 unspecified atom stereocenters. The minimum Gasteiger partial charge on any atom is -1.00 e. The van der Waals surface area contributed by atoms with Crippen LogP contribution in [0, 0.1) is 0 Å². The number of nitrogens with zero attached hydrogens (tertiary/aromatic N) is 1. The van der Waals surface area contributed by atoms with Crippen molar-refractivity contribution in [2.75, 3.05) is 39.3 Å². The molecular weight excluding hydrogens is 436 g/mol. The number of benzene rings is 1. The highest BCUT2D eigenvalue weighted by atomic mass is 79.9. The number of hydrazine groups is 1. The van der Waals surface area contributed by atoms with E-state index in [0.717, 1.165) is 55.7 Å². The van der Waals surface area contributed by atoms with Crippen molar-refractivity contribution in [3.05, 3.63) is 29.8 Å². The largest absolute Gasteiger partial charge is 1.00 e. The zero-order valence-electron chi connectivity index (χ0n) is 18.0. The number of halogens is 1. The van der Waals surface area contributed by atoms with E-state index in [9.17, 15) is 9.59 Å². The molecule has 8 heteroatoms. The highest BCUT2D eigenvalue weighted by Gasteiger charge is 2.20. The molecule has 29 heavy (non-hydrogen) atoms. The summed E-state index contributed by atoms with van der Waals surface area (Å²) in [6.07, 6.45) is 2.88. The van der Waals surface area contributed by atoms with Crippen LogP contribution in [0.15, 0.2) is 24.3 Å². The highest BCUT2D eigenvalue weighted by molar-refractivity contribution is 5.94. The maximum Gasteiger partial charge on any atom is 0.251 e. The molecule has 0 heterocycles. The van der Waals surface area contributed by atoms with Crippen molar-refractivity contribution < 1.29 is 35.8 Å². The molecule has 4 N–H and O–H groups in total. The third kappa shape index (κ3) is 10.1. The molecule has 0 aromatic heterocycles. The maximum absolute atomic E-state index is 12.2. The number of ether oxygens (including phenoxy) is 1. The molecule has 1 aromatic carbocycles. The van der Waals surface area contributed by atoms with Gasteiger partial charge in [-0.1, -0.05) is 6.42 Å². The molecule has 2 amide bonds. The number of nitrogens with one attached hydrogen (secondary N) is 2. The molecular formula is C21H37BrN4O3. The van der Waals surface area contributed by atoms with E-state index in [0.29, 0.717) is 25.1 Å². The predicted molar refractivity (Wildman–Crippen MR) is 112 cm³/mol. The molecule has 0 bridgehead atoms. The second-order valence-corrected chi connectivity index (χ2v) is 7.02. The maximum atomic E-state index is 12.2. The van der Waals surface area contributed by atoms with E-state index in [1.807, 2.05) is 12.1 Å². The van der Waals surface area contributed by atoms with Gasteiger partial charge in [0.15, 0.2) is 0 Å². The molecule has 0 saturated carbocycles. The number of nitrogens with two attached hydrogens (primary N) is 1. The van der Waals surface area contributed by atoms with E-state index in [-0.39, 0.29) is 28.8 Å². The first kappa shape index (κ1) is 27.4. The van der Waals surface area contributed by atoms with Crippen molar-refractivity contribution in [1.29, 1.82) is 0 Å². The SMILES string of the molecule is CC[N+](CC)(CC)CCOc1ccc(C(=O)NCCCCCC(=O)NN)cc1.[Br-]. The second-order valence-electron chi connectivity index (χ2n) is 7.02. The topological polar surface area (TPSA) is 93.4 Å². The lowest BCUT2D eigenvalue weighted by Crippen LogP contribution is -3.00. The van der Waals surface area contributed by atoms with Crippen molar-refractivity contribution in [3.8, 4) is 5.75 Å². The third-order valence-electron chi connectivity index (χ3n) is 5.49. The standard InChI is InChI=1S/C21H36N4O3.BrH/c1-4-25(5-2,6-3)16-17-28-19-13-11-18(12-14-19)21(27)23-15-9-7-8-10-20(26)24-22;/h11-14H,4-10,15-17,22H2,1-3H3,(H-,23,24,26,27);1H. The quantitative estimate of drug-likeness (QED) is 0.109. The zero-order valence-corrected chi connectivity index (χ0v) is 19.6. The minimum absolute atomic E-state index is 0. The Kier molecular flexibility index (Phi) is 14.4. The number of carbonyl (C=O) groups excluding carboxylic acids is 2. The highest BCUT2D eigenvalue weighted by Crippen LogP contribution is 2.13. The Bertz CT molecular complexity index is 584. The first-order chi connectivity index (χ1) is 13.5. The van der Waals surface area contributed by atoms with Crippen LogP contribution < -0.4 is 38.3 Å². The number of quaternary nitrogens is 1. The van der Waals surface area contributed by atoms with Gasteiger partial charge in [-0.2, -0.15) is 0 Å².